The number of nitrogens with zero attached hydrogens (tertiary/aromatic N) is 2. The summed E-state index contributed by atoms with van der Waals surface area (Å²) in [5.74, 6) is 0. The standard InChI is InChI=1S/C16H11ClN2O/c17-15-7-4-8-16(14(15)11-20)19-10-13(9-18-19)12-5-2-1-3-6-12/h1-11H. The minimum absolute atomic E-state index is 0.425. The maximum Gasteiger partial charge on any atom is 0.153 e. The summed E-state index contributed by atoms with van der Waals surface area (Å²) in [5.41, 5.74) is 3.18. The van der Waals surface area contributed by atoms with E-state index in [1.54, 1.807) is 23.0 Å². The Kier molecular flexibility index (Phi) is 3.35. The molecule has 3 rings (SSSR count). The molecule has 1 aromatic heterocycles. The van der Waals surface area contributed by atoms with Gasteiger partial charge in [-0.05, 0) is 17.7 Å². The Morgan fingerprint density at radius 2 is 1.80 bits per heavy atom. The molecule has 0 atom stereocenters. The third-order valence-electron chi connectivity index (χ3n) is 3.08. The molecule has 0 aliphatic heterocycles. The second-order valence-electron chi connectivity index (χ2n) is 4.33. The van der Waals surface area contributed by atoms with Crippen molar-refractivity contribution in [3.8, 4) is 16.8 Å². The second-order valence-corrected chi connectivity index (χ2v) is 4.74. The Morgan fingerprint density at radius 1 is 1.00 bits per heavy atom. The monoisotopic (exact) mass is 282 g/mol. The van der Waals surface area contributed by atoms with Gasteiger partial charge in [0.15, 0.2) is 6.29 Å². The van der Waals surface area contributed by atoms with Crippen LogP contribution in [0.25, 0.3) is 16.8 Å². The van der Waals surface area contributed by atoms with Crippen molar-refractivity contribution in [2.24, 2.45) is 0 Å². The molecule has 98 valence electrons. The van der Waals surface area contributed by atoms with Gasteiger partial charge in [-0.1, -0.05) is 48.0 Å². The number of aldehydes is 1. The lowest BCUT2D eigenvalue weighted by molar-refractivity contribution is 0.112. The SMILES string of the molecule is O=Cc1c(Cl)cccc1-n1cc(-c2ccccc2)cn1. The van der Waals surface area contributed by atoms with E-state index in [9.17, 15) is 4.79 Å². The van der Waals surface area contributed by atoms with Crippen molar-refractivity contribution in [1.29, 1.82) is 0 Å². The van der Waals surface area contributed by atoms with E-state index in [1.165, 1.54) is 0 Å². The number of hydrogen-bond donors (Lipinski definition) is 0. The first-order valence-corrected chi connectivity index (χ1v) is 6.51. The molecule has 0 radical (unpaired) electrons. The molecule has 0 unspecified atom stereocenters. The van der Waals surface area contributed by atoms with E-state index < -0.39 is 0 Å². The molecule has 20 heavy (non-hydrogen) atoms. The fraction of sp³-hybridized carbons (Fsp3) is 0. The van der Waals surface area contributed by atoms with Crippen molar-refractivity contribution < 1.29 is 4.79 Å². The average Bonchev–Trinajstić information content (AvgIpc) is 2.97. The van der Waals surface area contributed by atoms with Crippen LogP contribution in [0.15, 0.2) is 60.9 Å². The molecule has 3 nitrogen and oxygen atoms in total. The van der Waals surface area contributed by atoms with Gasteiger partial charge in [0.25, 0.3) is 0 Å². The van der Waals surface area contributed by atoms with Gasteiger partial charge in [0, 0.05) is 11.8 Å². The van der Waals surface area contributed by atoms with Crippen LogP contribution in [-0.4, -0.2) is 16.1 Å². The molecule has 0 N–H and O–H groups in total. The summed E-state index contributed by atoms with van der Waals surface area (Å²) in [4.78, 5) is 11.2. The van der Waals surface area contributed by atoms with Gasteiger partial charge in [0.1, 0.15) is 0 Å². The molecule has 0 saturated carbocycles. The zero-order valence-electron chi connectivity index (χ0n) is 10.5. The van der Waals surface area contributed by atoms with E-state index in [1.807, 2.05) is 42.6 Å². The lowest BCUT2D eigenvalue weighted by Crippen LogP contribution is -1.99. The number of halogens is 1. The maximum atomic E-state index is 11.2. The van der Waals surface area contributed by atoms with Gasteiger partial charge in [-0.2, -0.15) is 5.10 Å². The molecule has 0 spiro atoms. The highest BCUT2D eigenvalue weighted by atomic mass is 35.5. The topological polar surface area (TPSA) is 34.9 Å². The summed E-state index contributed by atoms with van der Waals surface area (Å²) >= 11 is 6.03. The zero-order chi connectivity index (χ0) is 13.9. The number of carbonyl (C=O) groups excluding carboxylic acids is 1. The lowest BCUT2D eigenvalue weighted by Gasteiger charge is -2.05. The third-order valence-corrected chi connectivity index (χ3v) is 3.41. The molecule has 0 aliphatic carbocycles. The molecular weight excluding hydrogens is 272 g/mol. The van der Waals surface area contributed by atoms with E-state index in [4.69, 9.17) is 11.6 Å². The van der Waals surface area contributed by atoms with E-state index in [2.05, 4.69) is 5.10 Å². The van der Waals surface area contributed by atoms with Gasteiger partial charge in [0.05, 0.1) is 22.5 Å². The third kappa shape index (κ3) is 2.24. The molecule has 3 aromatic rings. The predicted octanol–water partition coefficient (Wildman–Crippen LogP) is 4.01. The molecule has 0 fully saturated rings. The van der Waals surface area contributed by atoms with Crippen molar-refractivity contribution in [3.05, 3.63) is 71.5 Å². The Labute approximate surface area is 121 Å². The largest absolute Gasteiger partial charge is 0.298 e. The van der Waals surface area contributed by atoms with Gasteiger partial charge in [-0.25, -0.2) is 4.68 Å². The Bertz CT molecular complexity index is 750. The molecule has 0 aliphatic rings. The fourth-order valence-electron chi connectivity index (χ4n) is 2.08. The summed E-state index contributed by atoms with van der Waals surface area (Å²) < 4.78 is 1.66. The molecule has 0 amide bonds. The van der Waals surface area contributed by atoms with Crippen molar-refractivity contribution in [3.63, 3.8) is 0 Å². The first-order valence-electron chi connectivity index (χ1n) is 6.14. The van der Waals surface area contributed by atoms with Gasteiger partial charge >= 0.3 is 0 Å². The first-order chi connectivity index (χ1) is 9.79. The fourth-order valence-corrected chi connectivity index (χ4v) is 2.29. The van der Waals surface area contributed by atoms with Crippen LogP contribution in [0.1, 0.15) is 10.4 Å². The summed E-state index contributed by atoms with van der Waals surface area (Å²) in [6.45, 7) is 0. The van der Waals surface area contributed by atoms with Crippen LogP contribution < -0.4 is 0 Å². The molecule has 0 saturated heterocycles. The van der Waals surface area contributed by atoms with Gasteiger partial charge in [-0.3, -0.25) is 4.79 Å². The Morgan fingerprint density at radius 3 is 2.55 bits per heavy atom. The molecule has 0 bridgehead atoms. The quantitative estimate of drug-likeness (QED) is 0.681. The maximum absolute atomic E-state index is 11.2. The number of rotatable bonds is 3. The highest BCUT2D eigenvalue weighted by molar-refractivity contribution is 6.33. The molecule has 4 heteroatoms. The van der Waals surface area contributed by atoms with Crippen molar-refractivity contribution in [2.45, 2.75) is 0 Å². The van der Waals surface area contributed by atoms with Crippen molar-refractivity contribution in [2.75, 3.05) is 0 Å². The van der Waals surface area contributed by atoms with E-state index in [-0.39, 0.29) is 0 Å². The lowest BCUT2D eigenvalue weighted by atomic mass is 10.1. The van der Waals surface area contributed by atoms with Gasteiger partial charge < -0.3 is 0 Å². The molecular formula is C16H11ClN2O. The van der Waals surface area contributed by atoms with Crippen LogP contribution >= 0.6 is 11.6 Å². The van der Waals surface area contributed by atoms with Crippen LogP contribution in [-0.2, 0) is 0 Å². The molecule has 1 heterocycles. The van der Waals surface area contributed by atoms with E-state index in [0.29, 0.717) is 16.3 Å². The molecule has 2 aromatic carbocycles. The smallest absolute Gasteiger partial charge is 0.153 e. The zero-order valence-corrected chi connectivity index (χ0v) is 11.3. The summed E-state index contributed by atoms with van der Waals surface area (Å²) in [6, 6.07) is 15.3. The summed E-state index contributed by atoms with van der Waals surface area (Å²) in [6.07, 6.45) is 4.40. The van der Waals surface area contributed by atoms with Crippen LogP contribution in [0, 0.1) is 0 Å². The van der Waals surface area contributed by atoms with E-state index >= 15 is 0 Å². The Hall–Kier alpha value is -2.39. The van der Waals surface area contributed by atoms with Crippen LogP contribution in [0.5, 0.6) is 0 Å². The van der Waals surface area contributed by atoms with Crippen LogP contribution in [0.4, 0.5) is 0 Å². The normalized spacial score (nSPS) is 10.4. The average molecular weight is 283 g/mol. The van der Waals surface area contributed by atoms with Crippen LogP contribution in [0.2, 0.25) is 5.02 Å². The summed E-state index contributed by atoms with van der Waals surface area (Å²) in [5, 5.41) is 4.74. The number of aromatic nitrogens is 2. The van der Waals surface area contributed by atoms with Gasteiger partial charge in [-0.15, -0.1) is 0 Å². The number of benzene rings is 2. The first kappa shape index (κ1) is 12.6. The minimum Gasteiger partial charge on any atom is -0.298 e. The summed E-state index contributed by atoms with van der Waals surface area (Å²) in [7, 11) is 0. The van der Waals surface area contributed by atoms with Crippen LogP contribution in [0.3, 0.4) is 0 Å². The highest BCUT2D eigenvalue weighted by Crippen LogP contribution is 2.24. The number of carbonyl (C=O) groups is 1. The van der Waals surface area contributed by atoms with Gasteiger partial charge in [0.2, 0.25) is 0 Å². The Balaban J connectivity index is 2.07. The number of hydrogen-bond acceptors (Lipinski definition) is 2. The minimum atomic E-state index is 0.425. The van der Waals surface area contributed by atoms with E-state index in [0.717, 1.165) is 17.4 Å². The predicted molar refractivity (Wildman–Crippen MR) is 79.4 cm³/mol. The van der Waals surface area contributed by atoms with Crippen molar-refractivity contribution in [1.82, 2.24) is 9.78 Å². The second kappa shape index (κ2) is 5.31. The highest BCUT2D eigenvalue weighted by Gasteiger charge is 2.09. The van der Waals surface area contributed by atoms with Crippen molar-refractivity contribution >= 4 is 17.9 Å².